The predicted octanol–water partition coefficient (Wildman–Crippen LogP) is 3.53. The lowest BCUT2D eigenvalue weighted by molar-refractivity contribution is -0.105. The summed E-state index contributed by atoms with van der Waals surface area (Å²) >= 11 is 0. The first-order valence-electron chi connectivity index (χ1n) is 10.2. The van der Waals surface area contributed by atoms with Gasteiger partial charge < -0.3 is 21.3 Å². The number of nitrogens with one attached hydrogen (secondary N) is 2. The van der Waals surface area contributed by atoms with Crippen molar-refractivity contribution in [3.05, 3.63) is 77.6 Å². The summed E-state index contributed by atoms with van der Waals surface area (Å²) in [4.78, 5) is 26.5. The maximum atomic E-state index is 12.6. The third-order valence-electron chi connectivity index (χ3n) is 5.21. The van der Waals surface area contributed by atoms with Crippen LogP contribution in [-0.2, 0) is 4.79 Å². The number of carbonyl (C=O) groups is 2. The van der Waals surface area contributed by atoms with Gasteiger partial charge in [0.15, 0.2) is 6.29 Å². The average molecular weight is 405 g/mol. The van der Waals surface area contributed by atoms with Crippen LogP contribution in [0.4, 0.5) is 11.4 Å². The first kappa shape index (κ1) is 21.2. The lowest BCUT2D eigenvalue weighted by atomic mass is 10.0. The van der Waals surface area contributed by atoms with Crippen LogP contribution >= 0.6 is 0 Å². The molecule has 6 nitrogen and oxygen atoms in total. The van der Waals surface area contributed by atoms with E-state index in [1.165, 1.54) is 25.5 Å². The van der Waals surface area contributed by atoms with E-state index in [2.05, 4.69) is 15.5 Å². The van der Waals surface area contributed by atoms with E-state index in [4.69, 9.17) is 5.73 Å². The van der Waals surface area contributed by atoms with Gasteiger partial charge in [-0.1, -0.05) is 12.1 Å². The number of allylic oxidation sites excluding steroid dienone is 3. The molecule has 2 aromatic rings. The summed E-state index contributed by atoms with van der Waals surface area (Å²) in [6.07, 6.45) is 7.27. The Kier molecular flexibility index (Phi) is 7.27. The number of piperidine rings is 1. The molecule has 6 heteroatoms. The van der Waals surface area contributed by atoms with E-state index in [1.54, 1.807) is 18.2 Å². The van der Waals surface area contributed by atoms with Crippen molar-refractivity contribution in [2.45, 2.75) is 19.3 Å². The number of aldehydes is 1. The Labute approximate surface area is 177 Å². The van der Waals surface area contributed by atoms with E-state index >= 15 is 0 Å². The number of nitrogens with two attached hydrogens (primary N) is 1. The molecule has 30 heavy (non-hydrogen) atoms. The van der Waals surface area contributed by atoms with Gasteiger partial charge in [-0.2, -0.15) is 0 Å². The van der Waals surface area contributed by atoms with Gasteiger partial charge in [0.1, 0.15) is 0 Å². The van der Waals surface area contributed by atoms with E-state index < -0.39 is 0 Å². The number of anilines is 2. The minimum atomic E-state index is -0.334. The highest BCUT2D eigenvalue weighted by molar-refractivity contribution is 5.99. The topological polar surface area (TPSA) is 87.5 Å². The van der Waals surface area contributed by atoms with Crippen molar-refractivity contribution < 1.29 is 9.59 Å². The second kappa shape index (κ2) is 10.3. The van der Waals surface area contributed by atoms with E-state index in [0.717, 1.165) is 30.0 Å². The number of rotatable bonds is 7. The van der Waals surface area contributed by atoms with Crippen molar-refractivity contribution in [3.63, 3.8) is 0 Å². The molecule has 1 amide bonds. The van der Waals surface area contributed by atoms with E-state index in [9.17, 15) is 9.59 Å². The van der Waals surface area contributed by atoms with Crippen molar-refractivity contribution in [1.29, 1.82) is 0 Å². The minimum Gasteiger partial charge on any atom is -0.404 e. The van der Waals surface area contributed by atoms with Crippen LogP contribution in [0.1, 0.15) is 35.2 Å². The van der Waals surface area contributed by atoms with Crippen LogP contribution in [0.5, 0.6) is 0 Å². The van der Waals surface area contributed by atoms with E-state index in [1.807, 2.05) is 43.4 Å². The zero-order valence-corrected chi connectivity index (χ0v) is 17.2. The fraction of sp³-hybridized carbons (Fsp3) is 0.250. The molecular weight excluding hydrogens is 376 g/mol. The average Bonchev–Trinajstić information content (AvgIpc) is 2.82. The first-order valence-corrected chi connectivity index (χ1v) is 10.2. The number of benzene rings is 2. The van der Waals surface area contributed by atoms with Crippen LogP contribution < -0.4 is 21.3 Å². The van der Waals surface area contributed by atoms with Crippen LogP contribution in [0, 0.1) is 0 Å². The molecule has 1 heterocycles. The van der Waals surface area contributed by atoms with Gasteiger partial charge in [0.25, 0.3) is 5.91 Å². The number of amides is 1. The molecule has 4 N–H and O–H groups in total. The Morgan fingerprint density at radius 3 is 2.40 bits per heavy atom. The van der Waals surface area contributed by atoms with Crippen LogP contribution in [0.15, 0.2) is 66.5 Å². The second-order valence-electron chi connectivity index (χ2n) is 7.22. The summed E-state index contributed by atoms with van der Waals surface area (Å²) in [5.41, 5.74) is 9.93. The maximum Gasteiger partial charge on any atom is 0.255 e. The van der Waals surface area contributed by atoms with Crippen molar-refractivity contribution in [3.8, 4) is 0 Å². The smallest absolute Gasteiger partial charge is 0.255 e. The van der Waals surface area contributed by atoms with Gasteiger partial charge in [-0.25, -0.2) is 0 Å². The number of nitrogens with zero attached hydrogens (tertiary/aromatic N) is 1. The molecule has 1 aliphatic heterocycles. The Morgan fingerprint density at radius 2 is 1.77 bits per heavy atom. The molecule has 0 spiro atoms. The molecule has 2 aromatic carbocycles. The third kappa shape index (κ3) is 5.29. The Hall–Kier alpha value is -3.54. The molecule has 0 aromatic heterocycles. The minimum absolute atomic E-state index is 0.145. The highest BCUT2D eigenvalue weighted by atomic mass is 16.2. The van der Waals surface area contributed by atoms with Gasteiger partial charge in [-0.05, 0) is 72.9 Å². The van der Waals surface area contributed by atoms with Crippen molar-refractivity contribution in [2.24, 2.45) is 5.73 Å². The molecule has 0 saturated carbocycles. The Morgan fingerprint density at radius 1 is 1.03 bits per heavy atom. The molecule has 1 fully saturated rings. The van der Waals surface area contributed by atoms with Gasteiger partial charge in [-0.3, -0.25) is 9.59 Å². The molecule has 156 valence electrons. The standard InChI is InChI=1S/C24H28N4O2/c1-26-21-7-5-6-19(14-21)20(16-25)15-22(17-29)27-24(30)18-8-10-23(11-9-18)28-12-3-2-4-13-28/h5-11,14-17,26H,2-4,12-13,25H2,1H3,(H,27,30)/b20-16+,22-15+. The predicted molar refractivity (Wildman–Crippen MR) is 122 cm³/mol. The van der Waals surface area contributed by atoms with Gasteiger partial charge in [0.05, 0.1) is 5.70 Å². The van der Waals surface area contributed by atoms with Crippen molar-refractivity contribution >= 4 is 29.1 Å². The van der Waals surface area contributed by atoms with Crippen LogP contribution in [0.25, 0.3) is 5.57 Å². The quantitative estimate of drug-likeness (QED) is 0.373. The summed E-state index contributed by atoms with van der Waals surface area (Å²) in [6.45, 7) is 2.10. The molecular formula is C24H28N4O2. The van der Waals surface area contributed by atoms with Crippen LogP contribution in [0.2, 0.25) is 0 Å². The van der Waals surface area contributed by atoms with Crippen LogP contribution in [0.3, 0.4) is 0 Å². The third-order valence-corrected chi connectivity index (χ3v) is 5.21. The molecule has 0 atom stereocenters. The Balaban J connectivity index is 1.72. The van der Waals surface area contributed by atoms with E-state index in [0.29, 0.717) is 17.4 Å². The van der Waals surface area contributed by atoms with Crippen LogP contribution in [-0.4, -0.2) is 32.3 Å². The second-order valence-corrected chi connectivity index (χ2v) is 7.22. The summed E-state index contributed by atoms with van der Waals surface area (Å²) in [7, 11) is 1.83. The lowest BCUT2D eigenvalue weighted by Gasteiger charge is -2.28. The summed E-state index contributed by atoms with van der Waals surface area (Å²) in [5, 5.41) is 5.74. The highest BCUT2D eigenvalue weighted by Crippen LogP contribution is 2.21. The van der Waals surface area contributed by atoms with Crippen molar-refractivity contribution in [2.75, 3.05) is 30.4 Å². The summed E-state index contributed by atoms with van der Waals surface area (Å²) in [5.74, 6) is -0.334. The zero-order chi connectivity index (χ0) is 21.3. The largest absolute Gasteiger partial charge is 0.404 e. The molecule has 0 unspecified atom stereocenters. The number of hydrogen-bond donors (Lipinski definition) is 3. The van der Waals surface area contributed by atoms with Gasteiger partial charge in [0.2, 0.25) is 0 Å². The van der Waals surface area contributed by atoms with Gasteiger partial charge >= 0.3 is 0 Å². The zero-order valence-electron chi connectivity index (χ0n) is 17.2. The fourth-order valence-electron chi connectivity index (χ4n) is 3.53. The molecule has 1 aliphatic rings. The first-order chi connectivity index (χ1) is 14.6. The molecule has 0 bridgehead atoms. The van der Waals surface area contributed by atoms with Crippen molar-refractivity contribution in [1.82, 2.24) is 5.32 Å². The number of hydrogen-bond acceptors (Lipinski definition) is 5. The van der Waals surface area contributed by atoms with E-state index in [-0.39, 0.29) is 11.6 Å². The van der Waals surface area contributed by atoms with Gasteiger partial charge in [-0.15, -0.1) is 0 Å². The summed E-state index contributed by atoms with van der Waals surface area (Å²) < 4.78 is 0. The SMILES string of the molecule is CNc1cccc(C(/C=C(\C=O)NC(=O)c2ccc(N3CCCCC3)cc2)=C/N)c1. The number of carbonyl (C=O) groups excluding carboxylic acids is 2. The molecule has 0 radical (unpaired) electrons. The normalized spacial score (nSPS) is 14.9. The fourth-order valence-corrected chi connectivity index (χ4v) is 3.53. The van der Waals surface area contributed by atoms with Gasteiger partial charge in [0, 0.05) is 43.3 Å². The highest BCUT2D eigenvalue weighted by Gasteiger charge is 2.13. The monoisotopic (exact) mass is 404 g/mol. The Bertz CT molecular complexity index is 942. The molecule has 3 rings (SSSR count). The maximum absolute atomic E-state index is 12.6. The molecule has 1 saturated heterocycles. The lowest BCUT2D eigenvalue weighted by Crippen LogP contribution is -2.29. The molecule has 0 aliphatic carbocycles. The summed E-state index contributed by atoms with van der Waals surface area (Å²) in [6, 6.07) is 15.1.